The largest absolute Gasteiger partial charge is 0.355 e. The molecule has 4 aromatic carbocycles. The molecule has 4 aromatic rings. The number of sulfonamides is 1. The fourth-order valence-corrected chi connectivity index (χ4v) is 6.71. The van der Waals surface area contributed by atoms with E-state index in [9.17, 15) is 18.0 Å². The first-order valence-electron chi connectivity index (χ1n) is 14.0. The van der Waals surface area contributed by atoms with E-state index in [0.717, 1.165) is 15.4 Å². The molecule has 1 N–H and O–H groups in total. The lowest BCUT2D eigenvalue weighted by molar-refractivity contribution is -0.140. The average Bonchev–Trinajstić information content (AvgIpc) is 3.01. The number of rotatable bonds is 12. The van der Waals surface area contributed by atoms with Crippen LogP contribution in [0.5, 0.6) is 0 Å². The number of hydrogen-bond acceptors (Lipinski definition) is 4. The van der Waals surface area contributed by atoms with Gasteiger partial charge < -0.3 is 10.2 Å². The van der Waals surface area contributed by atoms with Crippen molar-refractivity contribution in [3.8, 4) is 0 Å². The molecule has 0 bridgehead atoms. The van der Waals surface area contributed by atoms with E-state index in [1.165, 1.54) is 35.2 Å². The van der Waals surface area contributed by atoms with Crippen LogP contribution in [0.15, 0.2) is 95.9 Å². The SMILES string of the molecule is CCNC(=O)C(Cc1ccccc1)N(Cc1ccc(Cl)c(Cl)c1)C(=O)CN(c1ccc(Cl)c(Cl)c1)S(=O)(=O)c1ccc(C)cc1. The molecule has 236 valence electrons. The first kappa shape index (κ1) is 34.6. The summed E-state index contributed by atoms with van der Waals surface area (Å²) in [6.07, 6.45) is 0.178. The molecule has 1 unspecified atom stereocenters. The second-order valence-electron chi connectivity index (χ2n) is 10.3. The summed E-state index contributed by atoms with van der Waals surface area (Å²) in [6, 6.07) is 23.8. The number of aryl methyl sites for hydroxylation is 1. The number of carbonyl (C=O) groups excluding carboxylic acids is 2. The van der Waals surface area contributed by atoms with Crippen molar-refractivity contribution in [3.63, 3.8) is 0 Å². The van der Waals surface area contributed by atoms with Gasteiger partial charge in [0.25, 0.3) is 10.0 Å². The van der Waals surface area contributed by atoms with Crippen LogP contribution >= 0.6 is 46.4 Å². The smallest absolute Gasteiger partial charge is 0.264 e. The van der Waals surface area contributed by atoms with Gasteiger partial charge in [-0.2, -0.15) is 0 Å². The van der Waals surface area contributed by atoms with Gasteiger partial charge in [-0.05, 0) is 67.4 Å². The Bertz CT molecular complexity index is 1770. The van der Waals surface area contributed by atoms with Crippen LogP contribution in [0.3, 0.4) is 0 Å². The number of halogens is 4. The molecular formula is C33H31Cl4N3O4S. The Morgan fingerprint density at radius 2 is 1.40 bits per heavy atom. The van der Waals surface area contributed by atoms with Gasteiger partial charge in [-0.15, -0.1) is 0 Å². The molecule has 2 amide bonds. The van der Waals surface area contributed by atoms with Gasteiger partial charge in [-0.1, -0.05) is 100 Å². The third-order valence-corrected chi connectivity index (χ3v) is 10.3. The van der Waals surface area contributed by atoms with Gasteiger partial charge in [0.1, 0.15) is 12.6 Å². The summed E-state index contributed by atoms with van der Waals surface area (Å²) in [5.41, 5.74) is 2.41. The maximum atomic E-state index is 14.4. The van der Waals surface area contributed by atoms with Gasteiger partial charge >= 0.3 is 0 Å². The summed E-state index contributed by atoms with van der Waals surface area (Å²) in [6.45, 7) is 3.26. The zero-order valence-electron chi connectivity index (χ0n) is 24.5. The fourth-order valence-electron chi connectivity index (χ4n) is 4.69. The molecule has 0 saturated heterocycles. The van der Waals surface area contributed by atoms with Crippen LogP contribution < -0.4 is 9.62 Å². The van der Waals surface area contributed by atoms with Gasteiger partial charge in [-0.25, -0.2) is 8.42 Å². The van der Waals surface area contributed by atoms with E-state index in [2.05, 4.69) is 5.32 Å². The van der Waals surface area contributed by atoms with Crippen LogP contribution in [-0.4, -0.2) is 44.3 Å². The van der Waals surface area contributed by atoms with E-state index in [0.29, 0.717) is 17.1 Å². The molecule has 7 nitrogen and oxygen atoms in total. The molecule has 0 heterocycles. The van der Waals surface area contributed by atoms with Gasteiger partial charge in [0.2, 0.25) is 11.8 Å². The number of likely N-dealkylation sites (N-methyl/N-ethyl adjacent to an activating group) is 1. The number of anilines is 1. The van der Waals surface area contributed by atoms with Gasteiger partial charge in [-0.3, -0.25) is 13.9 Å². The summed E-state index contributed by atoms with van der Waals surface area (Å²) >= 11 is 24.9. The first-order chi connectivity index (χ1) is 21.4. The Hall–Kier alpha value is -3.27. The van der Waals surface area contributed by atoms with Crippen LogP contribution in [0.2, 0.25) is 20.1 Å². The van der Waals surface area contributed by atoms with Crippen LogP contribution in [0.25, 0.3) is 0 Å². The van der Waals surface area contributed by atoms with Crippen molar-refractivity contribution in [2.75, 3.05) is 17.4 Å². The van der Waals surface area contributed by atoms with Crippen LogP contribution in [0.1, 0.15) is 23.6 Å². The van der Waals surface area contributed by atoms with Crippen molar-refractivity contribution in [2.45, 2.75) is 37.8 Å². The van der Waals surface area contributed by atoms with E-state index in [4.69, 9.17) is 46.4 Å². The minimum absolute atomic E-state index is 0.0208. The number of benzene rings is 4. The Morgan fingerprint density at radius 1 is 0.778 bits per heavy atom. The van der Waals surface area contributed by atoms with E-state index in [-0.39, 0.29) is 38.6 Å². The standard InChI is InChI=1S/C33H31Cl4N3O4S/c1-3-38-33(42)31(18-23-7-5-4-6-8-23)39(20-24-11-15-27(34)29(36)17-24)32(41)21-40(25-12-16-28(35)30(37)19-25)45(43,44)26-13-9-22(2)10-14-26/h4-17,19,31H,3,18,20-21H2,1-2H3,(H,38,42). The summed E-state index contributed by atoms with van der Waals surface area (Å²) in [5, 5.41) is 3.77. The monoisotopic (exact) mass is 705 g/mol. The molecule has 0 aliphatic rings. The highest BCUT2D eigenvalue weighted by Crippen LogP contribution is 2.31. The Morgan fingerprint density at radius 3 is 2.00 bits per heavy atom. The predicted octanol–water partition coefficient (Wildman–Crippen LogP) is 7.58. The van der Waals surface area contributed by atoms with E-state index >= 15 is 0 Å². The molecule has 0 aliphatic carbocycles. The lowest BCUT2D eigenvalue weighted by atomic mass is 10.0. The molecule has 12 heteroatoms. The highest BCUT2D eigenvalue weighted by molar-refractivity contribution is 7.92. The van der Waals surface area contributed by atoms with E-state index in [1.54, 1.807) is 37.3 Å². The third-order valence-electron chi connectivity index (χ3n) is 7.04. The fraction of sp³-hybridized carbons (Fsp3) is 0.212. The van der Waals surface area contributed by atoms with Gasteiger partial charge in [0, 0.05) is 19.5 Å². The maximum Gasteiger partial charge on any atom is 0.264 e. The second kappa shape index (κ2) is 15.3. The number of nitrogens with zero attached hydrogens (tertiary/aromatic N) is 2. The van der Waals surface area contributed by atoms with Gasteiger partial charge in [0.15, 0.2) is 0 Å². The van der Waals surface area contributed by atoms with Crippen LogP contribution in [0, 0.1) is 6.92 Å². The molecule has 45 heavy (non-hydrogen) atoms. The quantitative estimate of drug-likeness (QED) is 0.165. The number of amides is 2. The molecule has 0 saturated carbocycles. The molecule has 0 radical (unpaired) electrons. The minimum atomic E-state index is -4.28. The molecule has 1 atom stereocenters. The number of nitrogens with one attached hydrogen (secondary N) is 1. The molecule has 0 spiro atoms. The lowest BCUT2D eigenvalue weighted by Gasteiger charge is -2.34. The second-order valence-corrected chi connectivity index (χ2v) is 13.8. The molecular weight excluding hydrogens is 676 g/mol. The summed E-state index contributed by atoms with van der Waals surface area (Å²) in [4.78, 5) is 29.4. The summed E-state index contributed by atoms with van der Waals surface area (Å²) in [5.74, 6) is -1.02. The van der Waals surface area contributed by atoms with E-state index in [1.807, 2.05) is 37.3 Å². The van der Waals surface area contributed by atoms with Crippen LogP contribution in [0.4, 0.5) is 5.69 Å². The first-order valence-corrected chi connectivity index (χ1v) is 17.0. The number of carbonyl (C=O) groups is 2. The number of hydrogen-bond donors (Lipinski definition) is 1. The maximum absolute atomic E-state index is 14.4. The molecule has 0 fully saturated rings. The average molecular weight is 708 g/mol. The highest BCUT2D eigenvalue weighted by atomic mass is 35.5. The summed E-state index contributed by atoms with van der Waals surface area (Å²) in [7, 11) is -4.28. The van der Waals surface area contributed by atoms with Crippen molar-refractivity contribution < 1.29 is 18.0 Å². The van der Waals surface area contributed by atoms with Crippen molar-refractivity contribution in [1.82, 2.24) is 10.2 Å². The molecule has 0 aromatic heterocycles. The van der Waals surface area contributed by atoms with E-state index < -0.39 is 34.4 Å². The van der Waals surface area contributed by atoms with Crippen LogP contribution in [-0.2, 0) is 32.6 Å². The molecule has 4 rings (SSSR count). The van der Waals surface area contributed by atoms with Crippen molar-refractivity contribution >= 4 is 73.9 Å². The predicted molar refractivity (Wildman–Crippen MR) is 182 cm³/mol. The van der Waals surface area contributed by atoms with Crippen molar-refractivity contribution in [2.24, 2.45) is 0 Å². The third kappa shape index (κ3) is 8.71. The zero-order chi connectivity index (χ0) is 32.7. The normalized spacial score (nSPS) is 12.0. The Kier molecular flexibility index (Phi) is 11.8. The Balaban J connectivity index is 1.82. The zero-order valence-corrected chi connectivity index (χ0v) is 28.4. The molecule has 0 aliphatic heterocycles. The van der Waals surface area contributed by atoms with Crippen molar-refractivity contribution in [3.05, 3.63) is 128 Å². The lowest BCUT2D eigenvalue weighted by Crippen LogP contribution is -2.53. The minimum Gasteiger partial charge on any atom is -0.355 e. The summed E-state index contributed by atoms with van der Waals surface area (Å²) < 4.78 is 29.2. The highest BCUT2D eigenvalue weighted by Gasteiger charge is 2.34. The van der Waals surface area contributed by atoms with Gasteiger partial charge in [0.05, 0.1) is 30.7 Å². The topological polar surface area (TPSA) is 86.8 Å². The Labute approximate surface area is 283 Å². The van der Waals surface area contributed by atoms with Crippen molar-refractivity contribution in [1.29, 1.82) is 0 Å².